The number of carbonyl (C=O) groups is 2. The molecule has 3 saturated carbocycles. The summed E-state index contributed by atoms with van der Waals surface area (Å²) in [4.78, 5) is 24.4. The molecule has 0 heterocycles. The maximum atomic E-state index is 14.6. The monoisotopic (exact) mass is 392 g/mol. The Hall–Kier alpha value is -1.37. The summed E-state index contributed by atoms with van der Waals surface area (Å²) in [6, 6.07) is 0. The zero-order valence-corrected chi connectivity index (χ0v) is 16.6. The minimum absolute atomic E-state index is 0.00359. The van der Waals surface area contributed by atoms with Crippen LogP contribution in [0.4, 0.5) is 4.39 Å². The van der Waals surface area contributed by atoms with Gasteiger partial charge in [0.15, 0.2) is 11.6 Å². The Bertz CT molecular complexity index is 803. The van der Waals surface area contributed by atoms with Crippen molar-refractivity contribution < 1.29 is 29.3 Å². The lowest BCUT2D eigenvalue weighted by molar-refractivity contribution is -0.183. The summed E-state index contributed by atoms with van der Waals surface area (Å²) in [5, 5.41) is 32.1. The SMILES string of the molecule is C[C@@H]1C[C@H]2[C@@H]3CCC4=C(F)C(=O)C=C[C@]4(C)[C@H]3[C@@H](O)C[C@]2(C)[C@@]1(O)C(=O)CO. The first-order chi connectivity index (χ1) is 13.0. The summed E-state index contributed by atoms with van der Waals surface area (Å²) in [5.41, 5.74) is -2.81. The minimum Gasteiger partial charge on any atom is -0.393 e. The number of Topliss-reactive ketones (excluding diaryl/α,β-unsaturated/α-hetero) is 1. The lowest BCUT2D eigenvalue weighted by Crippen LogP contribution is -2.62. The van der Waals surface area contributed by atoms with Gasteiger partial charge in [-0.1, -0.05) is 26.8 Å². The molecule has 3 fully saturated rings. The molecule has 0 aromatic rings. The molecule has 5 nitrogen and oxygen atoms in total. The Morgan fingerprint density at radius 3 is 2.68 bits per heavy atom. The topological polar surface area (TPSA) is 94.8 Å². The molecular formula is C22H29FO5. The second-order valence-corrected chi connectivity index (χ2v) is 9.78. The van der Waals surface area contributed by atoms with E-state index in [9.17, 15) is 29.3 Å². The van der Waals surface area contributed by atoms with Crippen molar-refractivity contribution in [3.05, 3.63) is 23.6 Å². The maximum absolute atomic E-state index is 14.6. The van der Waals surface area contributed by atoms with Gasteiger partial charge in [-0.2, -0.15) is 0 Å². The van der Waals surface area contributed by atoms with Gasteiger partial charge in [0.2, 0.25) is 5.78 Å². The number of allylic oxidation sites excluding steroid dienone is 4. The predicted molar refractivity (Wildman–Crippen MR) is 99.6 cm³/mol. The van der Waals surface area contributed by atoms with Gasteiger partial charge in [-0.3, -0.25) is 9.59 Å². The van der Waals surface area contributed by atoms with Crippen molar-refractivity contribution in [3.63, 3.8) is 0 Å². The van der Waals surface area contributed by atoms with Crippen LogP contribution in [0.3, 0.4) is 0 Å². The molecule has 8 atom stereocenters. The van der Waals surface area contributed by atoms with Crippen LogP contribution in [0.15, 0.2) is 23.6 Å². The van der Waals surface area contributed by atoms with Gasteiger partial charge < -0.3 is 15.3 Å². The number of fused-ring (bicyclic) bond motifs is 5. The lowest BCUT2D eigenvalue weighted by Gasteiger charge is -2.59. The molecular weight excluding hydrogens is 363 g/mol. The second-order valence-electron chi connectivity index (χ2n) is 9.78. The van der Waals surface area contributed by atoms with Crippen molar-refractivity contribution in [3.8, 4) is 0 Å². The Morgan fingerprint density at radius 1 is 1.36 bits per heavy atom. The molecule has 154 valence electrons. The summed E-state index contributed by atoms with van der Waals surface area (Å²) >= 11 is 0. The first kappa shape index (κ1) is 19.9. The van der Waals surface area contributed by atoms with Gasteiger partial charge in [-0.15, -0.1) is 0 Å². The molecule has 4 aliphatic carbocycles. The highest BCUT2D eigenvalue weighted by Crippen LogP contribution is 2.68. The standard InChI is InChI=1S/C22H29FO5/c1-11-8-14-12-4-5-13-19(23)15(25)6-7-20(13,2)18(12)16(26)9-21(14,3)22(11,28)17(27)10-24/h6-7,11-12,14,16,18,24,26,28H,4-5,8-10H2,1-3H3/t11-,12+,14+,16+,18-,20+,21+,22+/m1/s1. The van der Waals surface area contributed by atoms with Gasteiger partial charge in [-0.25, -0.2) is 4.39 Å². The Balaban J connectivity index is 1.80. The van der Waals surface area contributed by atoms with E-state index in [0.29, 0.717) is 24.8 Å². The third kappa shape index (κ3) is 2.17. The summed E-state index contributed by atoms with van der Waals surface area (Å²) in [6.07, 6.45) is 4.02. The minimum atomic E-state index is -1.68. The summed E-state index contributed by atoms with van der Waals surface area (Å²) < 4.78 is 14.6. The third-order valence-electron chi connectivity index (χ3n) is 8.74. The fourth-order valence-electron chi connectivity index (χ4n) is 7.46. The van der Waals surface area contributed by atoms with Crippen molar-refractivity contribution >= 4 is 11.6 Å². The van der Waals surface area contributed by atoms with Crippen LogP contribution in [-0.4, -0.2) is 45.2 Å². The number of ketones is 2. The number of aliphatic hydroxyl groups is 3. The van der Waals surface area contributed by atoms with Crippen LogP contribution in [0.5, 0.6) is 0 Å². The molecule has 0 spiro atoms. The van der Waals surface area contributed by atoms with Crippen molar-refractivity contribution in [2.75, 3.05) is 6.61 Å². The molecule has 4 rings (SSSR count). The quantitative estimate of drug-likeness (QED) is 0.669. The number of rotatable bonds is 2. The smallest absolute Gasteiger partial charge is 0.213 e. The molecule has 28 heavy (non-hydrogen) atoms. The molecule has 4 aliphatic rings. The number of carbonyl (C=O) groups excluding carboxylic acids is 2. The van der Waals surface area contributed by atoms with E-state index in [1.165, 1.54) is 6.08 Å². The van der Waals surface area contributed by atoms with Gasteiger partial charge in [0, 0.05) is 16.7 Å². The van der Waals surface area contributed by atoms with Gasteiger partial charge in [-0.05, 0) is 55.1 Å². The molecule has 0 aromatic carbocycles. The highest BCUT2D eigenvalue weighted by Gasteiger charge is 2.70. The van der Waals surface area contributed by atoms with Crippen LogP contribution in [0, 0.1) is 34.5 Å². The molecule has 0 radical (unpaired) electrons. The van der Waals surface area contributed by atoms with E-state index in [2.05, 4.69) is 0 Å². The van der Waals surface area contributed by atoms with E-state index < -0.39 is 46.5 Å². The van der Waals surface area contributed by atoms with Crippen molar-refractivity contribution in [2.24, 2.45) is 34.5 Å². The van der Waals surface area contributed by atoms with E-state index in [4.69, 9.17) is 0 Å². The molecule has 0 aromatic heterocycles. The van der Waals surface area contributed by atoms with E-state index in [0.717, 1.165) is 0 Å². The summed E-state index contributed by atoms with van der Waals surface area (Å²) in [6.45, 7) is 4.83. The predicted octanol–water partition coefficient (Wildman–Crippen LogP) is 2.10. The average Bonchev–Trinajstić information content (AvgIpc) is 2.85. The van der Waals surface area contributed by atoms with Crippen LogP contribution in [0.25, 0.3) is 0 Å². The second kappa shape index (κ2) is 6.07. The van der Waals surface area contributed by atoms with E-state index in [1.54, 1.807) is 6.08 Å². The number of hydrogen-bond donors (Lipinski definition) is 3. The van der Waals surface area contributed by atoms with E-state index in [-0.39, 0.29) is 30.1 Å². The van der Waals surface area contributed by atoms with Gasteiger partial charge >= 0.3 is 0 Å². The third-order valence-corrected chi connectivity index (χ3v) is 8.74. The normalized spacial score (nSPS) is 50.2. The van der Waals surface area contributed by atoms with E-state index in [1.807, 2.05) is 20.8 Å². The molecule has 0 amide bonds. The first-order valence-corrected chi connectivity index (χ1v) is 10.2. The van der Waals surface area contributed by atoms with Gasteiger partial charge in [0.05, 0.1) is 6.10 Å². The van der Waals surface area contributed by atoms with Crippen LogP contribution < -0.4 is 0 Å². The highest BCUT2D eigenvalue weighted by atomic mass is 19.1. The molecule has 0 aliphatic heterocycles. The fourth-order valence-corrected chi connectivity index (χ4v) is 7.46. The van der Waals surface area contributed by atoms with Crippen LogP contribution in [0.2, 0.25) is 0 Å². The van der Waals surface area contributed by atoms with Crippen molar-refractivity contribution in [1.29, 1.82) is 0 Å². The first-order valence-electron chi connectivity index (χ1n) is 10.2. The Kier molecular flexibility index (Phi) is 4.32. The summed E-state index contributed by atoms with van der Waals surface area (Å²) in [7, 11) is 0. The van der Waals surface area contributed by atoms with Crippen molar-refractivity contribution in [1.82, 2.24) is 0 Å². The Labute approximate surface area is 164 Å². The van der Waals surface area contributed by atoms with Crippen LogP contribution in [0.1, 0.15) is 46.5 Å². The molecule has 0 unspecified atom stereocenters. The van der Waals surface area contributed by atoms with Crippen molar-refractivity contribution in [2.45, 2.75) is 58.2 Å². The number of aliphatic hydroxyl groups excluding tert-OH is 2. The van der Waals surface area contributed by atoms with E-state index >= 15 is 0 Å². The van der Waals surface area contributed by atoms with Crippen LogP contribution in [-0.2, 0) is 9.59 Å². The Morgan fingerprint density at radius 2 is 2.04 bits per heavy atom. The van der Waals surface area contributed by atoms with Gasteiger partial charge in [0.25, 0.3) is 0 Å². The largest absolute Gasteiger partial charge is 0.393 e. The van der Waals surface area contributed by atoms with Gasteiger partial charge in [0.1, 0.15) is 12.2 Å². The molecule has 0 bridgehead atoms. The average molecular weight is 392 g/mol. The van der Waals surface area contributed by atoms with Crippen LogP contribution >= 0.6 is 0 Å². The zero-order chi connectivity index (χ0) is 20.6. The fraction of sp³-hybridized carbons (Fsp3) is 0.727. The lowest BCUT2D eigenvalue weighted by atomic mass is 9.46. The maximum Gasteiger partial charge on any atom is 0.213 e. The number of hydrogen-bond acceptors (Lipinski definition) is 5. The molecule has 3 N–H and O–H groups in total. The summed E-state index contributed by atoms with van der Waals surface area (Å²) in [5.74, 6) is -2.54. The zero-order valence-electron chi connectivity index (χ0n) is 16.6. The molecule has 6 heteroatoms. The highest BCUT2D eigenvalue weighted by molar-refractivity contribution is 6.04. The molecule has 0 saturated heterocycles. The number of halogens is 1.